The van der Waals surface area contributed by atoms with E-state index in [1.807, 2.05) is 18.2 Å². The lowest BCUT2D eigenvalue weighted by atomic mass is 10.2. The molecule has 0 saturated heterocycles. The van der Waals surface area contributed by atoms with Gasteiger partial charge in [0.1, 0.15) is 12.4 Å². The number of carbonyl (C=O) groups is 1. The summed E-state index contributed by atoms with van der Waals surface area (Å²) in [6.07, 6.45) is 6.29. The summed E-state index contributed by atoms with van der Waals surface area (Å²) in [5.74, 6) is 0.354. The molecule has 0 aliphatic heterocycles. The largest absolute Gasteiger partial charge is 0.489 e. The number of benzene rings is 1. The monoisotopic (exact) mass is 359 g/mol. The molecular weight excluding hydrogens is 346 g/mol. The van der Waals surface area contributed by atoms with Gasteiger partial charge in [0.05, 0.1) is 6.21 Å². The molecule has 1 heterocycles. The third-order valence-corrected chi connectivity index (χ3v) is 3.13. The van der Waals surface area contributed by atoms with E-state index < -0.39 is 0 Å². The van der Waals surface area contributed by atoms with Crippen LogP contribution in [0.15, 0.2) is 65.0 Å². The van der Waals surface area contributed by atoms with Crippen LogP contribution in [-0.4, -0.2) is 23.7 Å². The summed E-state index contributed by atoms with van der Waals surface area (Å²) in [6, 6.07) is 8.76. The van der Waals surface area contributed by atoms with Crippen molar-refractivity contribution in [1.82, 2.24) is 10.4 Å². The first-order chi connectivity index (χ1) is 10.7. The number of hydrogen-bond donors (Lipinski definition) is 1. The van der Waals surface area contributed by atoms with Gasteiger partial charge in [-0.1, -0.05) is 28.6 Å². The molecule has 0 radical (unpaired) electrons. The van der Waals surface area contributed by atoms with E-state index in [4.69, 9.17) is 4.74 Å². The second kappa shape index (κ2) is 8.09. The Bertz CT molecular complexity index is 687. The summed E-state index contributed by atoms with van der Waals surface area (Å²) < 4.78 is 6.42. The highest BCUT2D eigenvalue weighted by atomic mass is 79.9. The minimum Gasteiger partial charge on any atom is -0.489 e. The molecule has 2 rings (SSSR count). The molecule has 0 atom stereocenters. The molecule has 112 valence electrons. The molecule has 0 aliphatic carbocycles. The molecule has 5 nitrogen and oxygen atoms in total. The van der Waals surface area contributed by atoms with Gasteiger partial charge >= 0.3 is 0 Å². The fourth-order valence-electron chi connectivity index (χ4n) is 1.63. The lowest BCUT2D eigenvalue weighted by Crippen LogP contribution is -2.17. The Morgan fingerprint density at radius 2 is 2.14 bits per heavy atom. The molecule has 0 bridgehead atoms. The predicted molar refractivity (Wildman–Crippen MR) is 89.1 cm³/mol. The first-order valence-corrected chi connectivity index (χ1v) is 7.26. The topological polar surface area (TPSA) is 63.6 Å². The van der Waals surface area contributed by atoms with Crippen LogP contribution in [0, 0.1) is 0 Å². The number of ether oxygens (including phenoxy) is 1. The Hall–Kier alpha value is -2.47. The van der Waals surface area contributed by atoms with E-state index in [1.165, 1.54) is 6.21 Å². The Balaban J connectivity index is 2.07. The Labute approximate surface area is 136 Å². The van der Waals surface area contributed by atoms with E-state index in [-0.39, 0.29) is 5.91 Å². The molecule has 22 heavy (non-hydrogen) atoms. The highest BCUT2D eigenvalue weighted by molar-refractivity contribution is 9.10. The zero-order chi connectivity index (χ0) is 15.8. The summed E-state index contributed by atoms with van der Waals surface area (Å²) in [6.45, 7) is 4.01. The van der Waals surface area contributed by atoms with Gasteiger partial charge in [0.25, 0.3) is 5.91 Å². The van der Waals surface area contributed by atoms with E-state index in [9.17, 15) is 4.79 Å². The predicted octanol–water partition coefficient (Wildman–Crippen LogP) is 3.17. The molecule has 0 fully saturated rings. The summed E-state index contributed by atoms with van der Waals surface area (Å²) in [5.41, 5.74) is 3.69. The number of hydrazone groups is 1. The van der Waals surface area contributed by atoms with Gasteiger partial charge < -0.3 is 4.74 Å². The summed E-state index contributed by atoms with van der Waals surface area (Å²) in [4.78, 5) is 15.7. The molecule has 1 aromatic heterocycles. The number of nitrogens with one attached hydrogen (secondary N) is 1. The van der Waals surface area contributed by atoms with Crippen molar-refractivity contribution in [2.24, 2.45) is 5.10 Å². The highest BCUT2D eigenvalue weighted by Crippen LogP contribution is 2.21. The summed E-state index contributed by atoms with van der Waals surface area (Å²) >= 11 is 3.39. The van der Waals surface area contributed by atoms with Crippen LogP contribution in [0.25, 0.3) is 0 Å². The molecular formula is C16H14BrN3O2. The third-order valence-electron chi connectivity index (χ3n) is 2.64. The molecule has 0 aliphatic rings. The fraction of sp³-hybridized carbons (Fsp3) is 0.0625. The SMILES string of the molecule is C=CCOc1ccc(Br)cc1/C=N/NC(=O)c1ccncc1. The van der Waals surface area contributed by atoms with Crippen molar-refractivity contribution < 1.29 is 9.53 Å². The van der Waals surface area contributed by atoms with Crippen LogP contribution in [0.1, 0.15) is 15.9 Å². The third kappa shape index (κ3) is 4.53. The zero-order valence-electron chi connectivity index (χ0n) is 11.7. The van der Waals surface area contributed by atoms with E-state index in [2.05, 4.69) is 38.0 Å². The van der Waals surface area contributed by atoms with E-state index >= 15 is 0 Å². The maximum absolute atomic E-state index is 11.9. The number of halogens is 1. The minimum absolute atomic E-state index is 0.304. The van der Waals surface area contributed by atoms with Crippen molar-refractivity contribution in [1.29, 1.82) is 0 Å². The number of nitrogens with zero attached hydrogens (tertiary/aromatic N) is 2. The molecule has 1 N–H and O–H groups in total. The van der Waals surface area contributed by atoms with Crippen molar-refractivity contribution in [2.75, 3.05) is 6.61 Å². The highest BCUT2D eigenvalue weighted by Gasteiger charge is 2.04. The normalized spacial score (nSPS) is 10.4. The van der Waals surface area contributed by atoms with E-state index in [1.54, 1.807) is 30.6 Å². The minimum atomic E-state index is -0.304. The van der Waals surface area contributed by atoms with Crippen molar-refractivity contribution in [3.63, 3.8) is 0 Å². The van der Waals surface area contributed by atoms with Crippen LogP contribution in [0.3, 0.4) is 0 Å². The molecule has 0 unspecified atom stereocenters. The fourth-order valence-corrected chi connectivity index (χ4v) is 2.01. The van der Waals surface area contributed by atoms with Gasteiger partial charge in [0.2, 0.25) is 0 Å². The molecule has 2 aromatic rings. The van der Waals surface area contributed by atoms with Crippen LogP contribution in [0.5, 0.6) is 5.75 Å². The van der Waals surface area contributed by atoms with E-state index in [0.29, 0.717) is 17.9 Å². The van der Waals surface area contributed by atoms with Crippen LogP contribution in [0.2, 0.25) is 0 Å². The van der Waals surface area contributed by atoms with E-state index in [0.717, 1.165) is 10.0 Å². The van der Waals surface area contributed by atoms with Crippen LogP contribution in [0.4, 0.5) is 0 Å². The molecule has 0 saturated carbocycles. The summed E-state index contributed by atoms with van der Waals surface area (Å²) in [7, 11) is 0. The molecule has 0 spiro atoms. The smallest absolute Gasteiger partial charge is 0.271 e. The molecule has 1 aromatic carbocycles. The van der Waals surface area contributed by atoms with Gasteiger partial charge in [-0.25, -0.2) is 5.43 Å². The standard InChI is InChI=1S/C16H14BrN3O2/c1-2-9-22-15-4-3-14(17)10-13(15)11-19-20-16(21)12-5-7-18-8-6-12/h2-8,10-11H,1,9H2,(H,20,21)/b19-11+. The maximum Gasteiger partial charge on any atom is 0.271 e. The van der Waals surface area contributed by atoms with Gasteiger partial charge in [-0.15, -0.1) is 0 Å². The molecule has 6 heteroatoms. The lowest BCUT2D eigenvalue weighted by Gasteiger charge is -2.07. The Kier molecular flexibility index (Phi) is 5.85. The first-order valence-electron chi connectivity index (χ1n) is 6.47. The van der Waals surface area contributed by atoms with Gasteiger partial charge in [-0.05, 0) is 30.3 Å². The maximum atomic E-state index is 11.9. The van der Waals surface area contributed by atoms with Gasteiger partial charge in [-0.3, -0.25) is 9.78 Å². The average molecular weight is 360 g/mol. The Morgan fingerprint density at radius 1 is 1.36 bits per heavy atom. The zero-order valence-corrected chi connectivity index (χ0v) is 13.3. The number of aromatic nitrogens is 1. The van der Waals surface area contributed by atoms with Crippen molar-refractivity contribution in [3.8, 4) is 5.75 Å². The second-order valence-electron chi connectivity index (χ2n) is 4.22. The quantitative estimate of drug-likeness (QED) is 0.489. The van der Waals surface area contributed by atoms with Gasteiger partial charge in [0, 0.05) is 28.0 Å². The number of rotatable bonds is 6. The first kappa shape index (κ1) is 15.9. The summed E-state index contributed by atoms with van der Waals surface area (Å²) in [5, 5.41) is 3.96. The van der Waals surface area contributed by atoms with Crippen molar-refractivity contribution in [2.45, 2.75) is 0 Å². The van der Waals surface area contributed by atoms with Gasteiger partial charge in [0.15, 0.2) is 0 Å². The average Bonchev–Trinajstić information content (AvgIpc) is 2.55. The van der Waals surface area contributed by atoms with Crippen LogP contribution in [-0.2, 0) is 0 Å². The Morgan fingerprint density at radius 3 is 2.86 bits per heavy atom. The lowest BCUT2D eigenvalue weighted by molar-refractivity contribution is 0.0955. The number of amides is 1. The second-order valence-corrected chi connectivity index (χ2v) is 5.13. The number of hydrogen-bond acceptors (Lipinski definition) is 4. The van der Waals surface area contributed by atoms with Crippen molar-refractivity contribution >= 4 is 28.1 Å². The number of pyridine rings is 1. The number of carbonyl (C=O) groups excluding carboxylic acids is 1. The van der Waals surface area contributed by atoms with Crippen molar-refractivity contribution in [3.05, 3.63) is 71.0 Å². The van der Waals surface area contributed by atoms with Crippen LogP contribution < -0.4 is 10.2 Å². The molecule has 1 amide bonds. The van der Waals surface area contributed by atoms with Gasteiger partial charge in [-0.2, -0.15) is 5.10 Å². The van der Waals surface area contributed by atoms with Crippen LogP contribution >= 0.6 is 15.9 Å².